The number of halogens is 1. The zero-order chi connectivity index (χ0) is 33.2. The fourth-order valence-electron chi connectivity index (χ4n) is 6.53. The molecule has 1 saturated carbocycles. The van der Waals surface area contributed by atoms with Crippen molar-refractivity contribution < 1.29 is 14.3 Å². The smallest absolute Gasteiger partial charge is 0.333 e. The number of rotatable bonds is 9. The lowest BCUT2D eigenvalue weighted by atomic mass is 9.85. The SMILES string of the molecule is COc1ccc(COc2ncnc3cc(-n4c(=O)n(CC5CCC(NC(=O)c6cc(Cl)cnc6C)CC5)c5ccccc54)ccc23)cc1. The van der Waals surface area contributed by atoms with Gasteiger partial charge < -0.3 is 14.8 Å². The molecule has 0 bridgehead atoms. The molecule has 7 rings (SSSR count). The molecular formula is C37H35ClN6O4. The van der Waals surface area contributed by atoms with Crippen LogP contribution in [0.3, 0.4) is 0 Å². The van der Waals surface area contributed by atoms with Gasteiger partial charge in [0.2, 0.25) is 5.88 Å². The molecule has 3 aromatic carbocycles. The number of nitrogens with zero attached hydrogens (tertiary/aromatic N) is 5. The maximum atomic E-state index is 14.1. The minimum atomic E-state index is -0.151. The summed E-state index contributed by atoms with van der Waals surface area (Å²) in [4.78, 5) is 40.1. The predicted molar refractivity (Wildman–Crippen MR) is 185 cm³/mol. The Hall–Kier alpha value is -5.22. The molecule has 0 saturated heterocycles. The quantitative estimate of drug-likeness (QED) is 0.184. The third-order valence-electron chi connectivity index (χ3n) is 9.13. The summed E-state index contributed by atoms with van der Waals surface area (Å²) in [6, 6.07) is 23.0. The van der Waals surface area contributed by atoms with Gasteiger partial charge in [-0.1, -0.05) is 35.9 Å². The van der Waals surface area contributed by atoms with E-state index < -0.39 is 0 Å². The van der Waals surface area contributed by atoms with Gasteiger partial charge in [-0.15, -0.1) is 0 Å². The van der Waals surface area contributed by atoms with Crippen LogP contribution in [0.5, 0.6) is 11.6 Å². The maximum absolute atomic E-state index is 14.1. The van der Waals surface area contributed by atoms with Gasteiger partial charge in [0.25, 0.3) is 5.91 Å². The van der Waals surface area contributed by atoms with E-state index in [1.165, 1.54) is 6.33 Å². The Kier molecular flexibility index (Phi) is 8.82. The normalized spacial score (nSPS) is 16.2. The molecule has 3 heterocycles. The lowest BCUT2D eigenvalue weighted by molar-refractivity contribution is 0.0919. The number of hydrogen-bond acceptors (Lipinski definition) is 7. The first-order chi connectivity index (χ1) is 23.4. The predicted octanol–water partition coefficient (Wildman–Crippen LogP) is 6.67. The molecule has 11 heteroatoms. The van der Waals surface area contributed by atoms with Crippen LogP contribution in [0.1, 0.15) is 47.3 Å². The highest BCUT2D eigenvalue weighted by Crippen LogP contribution is 2.29. The molecular weight excluding hydrogens is 628 g/mol. The second kappa shape index (κ2) is 13.5. The van der Waals surface area contributed by atoms with Crippen molar-refractivity contribution in [2.45, 2.75) is 51.8 Å². The largest absolute Gasteiger partial charge is 0.497 e. The van der Waals surface area contributed by atoms with E-state index in [0.717, 1.165) is 59.1 Å². The van der Waals surface area contributed by atoms with Crippen LogP contribution in [0.25, 0.3) is 27.6 Å². The number of hydrogen-bond donors (Lipinski definition) is 1. The maximum Gasteiger partial charge on any atom is 0.333 e. The fraction of sp³-hybridized carbons (Fsp3) is 0.270. The van der Waals surface area contributed by atoms with Crippen molar-refractivity contribution >= 4 is 39.4 Å². The molecule has 244 valence electrons. The summed E-state index contributed by atoms with van der Waals surface area (Å²) in [7, 11) is 1.64. The molecule has 1 aliphatic rings. The van der Waals surface area contributed by atoms with Crippen LogP contribution >= 0.6 is 11.6 Å². The molecule has 0 radical (unpaired) electrons. The number of ether oxygens (including phenoxy) is 2. The van der Waals surface area contributed by atoms with E-state index in [2.05, 4.69) is 20.3 Å². The molecule has 1 aliphatic carbocycles. The Morgan fingerprint density at radius 3 is 2.50 bits per heavy atom. The van der Waals surface area contributed by atoms with E-state index in [1.54, 1.807) is 30.9 Å². The third-order valence-corrected chi connectivity index (χ3v) is 9.34. The van der Waals surface area contributed by atoms with Gasteiger partial charge in [-0.2, -0.15) is 0 Å². The second-order valence-electron chi connectivity index (χ2n) is 12.2. The zero-order valence-corrected chi connectivity index (χ0v) is 27.5. The van der Waals surface area contributed by atoms with Gasteiger partial charge >= 0.3 is 5.69 Å². The van der Waals surface area contributed by atoms with Crippen molar-refractivity contribution in [3.05, 3.63) is 118 Å². The van der Waals surface area contributed by atoms with Gasteiger partial charge in [0, 0.05) is 18.8 Å². The van der Waals surface area contributed by atoms with Gasteiger partial charge in [0.05, 0.1) is 51.0 Å². The summed E-state index contributed by atoms with van der Waals surface area (Å²) in [6.45, 7) is 2.75. The first-order valence-corrected chi connectivity index (χ1v) is 16.4. The highest BCUT2D eigenvalue weighted by molar-refractivity contribution is 6.30. The number of methoxy groups -OCH3 is 1. The number of pyridine rings is 1. The minimum absolute atomic E-state index is 0.0647. The molecule has 1 N–H and O–H groups in total. The number of nitrogens with one attached hydrogen (secondary N) is 1. The first-order valence-electron chi connectivity index (χ1n) is 16.0. The minimum Gasteiger partial charge on any atom is -0.497 e. The molecule has 3 aromatic heterocycles. The number of aromatic nitrogens is 5. The van der Waals surface area contributed by atoms with Crippen molar-refractivity contribution in [1.82, 2.24) is 29.4 Å². The van der Waals surface area contributed by atoms with Crippen LogP contribution in [0, 0.1) is 12.8 Å². The highest BCUT2D eigenvalue weighted by Gasteiger charge is 2.26. The van der Waals surface area contributed by atoms with Crippen molar-refractivity contribution in [1.29, 1.82) is 0 Å². The molecule has 0 atom stereocenters. The van der Waals surface area contributed by atoms with Gasteiger partial charge in [-0.05, 0) is 92.6 Å². The lowest BCUT2D eigenvalue weighted by Crippen LogP contribution is -2.39. The van der Waals surface area contributed by atoms with Crippen molar-refractivity contribution in [2.75, 3.05) is 7.11 Å². The van der Waals surface area contributed by atoms with Crippen molar-refractivity contribution in [3.8, 4) is 17.3 Å². The zero-order valence-electron chi connectivity index (χ0n) is 26.7. The summed E-state index contributed by atoms with van der Waals surface area (Å²) in [5.41, 5.74) is 5.16. The van der Waals surface area contributed by atoms with Gasteiger partial charge in [-0.3, -0.25) is 18.9 Å². The number of amides is 1. The van der Waals surface area contributed by atoms with Crippen LogP contribution < -0.4 is 20.5 Å². The van der Waals surface area contributed by atoms with Gasteiger partial charge in [0.15, 0.2) is 0 Å². The standard InChI is InChI=1S/C37H35ClN6O4/c1-23-31(17-26(38)19-39-23)35(45)42-27-11-7-24(8-12-27)20-43-33-5-3-4-6-34(33)44(37(43)46)28-13-16-30-32(18-28)40-22-41-36(30)48-21-25-9-14-29(47-2)15-10-25/h3-6,9-10,13-19,22,24,27H,7-8,11-12,20-21H2,1-2H3,(H,42,45). The Balaban J connectivity index is 1.08. The van der Waals surface area contributed by atoms with E-state index in [-0.39, 0.29) is 17.6 Å². The fourth-order valence-corrected chi connectivity index (χ4v) is 6.69. The topological polar surface area (TPSA) is 113 Å². The summed E-state index contributed by atoms with van der Waals surface area (Å²) in [5.74, 6) is 1.41. The molecule has 10 nitrogen and oxygen atoms in total. The molecule has 0 spiro atoms. The van der Waals surface area contributed by atoms with E-state index in [4.69, 9.17) is 21.1 Å². The lowest BCUT2D eigenvalue weighted by Gasteiger charge is -2.29. The molecule has 6 aromatic rings. The Morgan fingerprint density at radius 2 is 1.73 bits per heavy atom. The van der Waals surface area contributed by atoms with Crippen LogP contribution in [-0.4, -0.2) is 43.1 Å². The first kappa shape index (κ1) is 31.4. The number of fused-ring (bicyclic) bond motifs is 2. The summed E-state index contributed by atoms with van der Waals surface area (Å²) < 4.78 is 14.9. The molecule has 0 unspecified atom stereocenters. The van der Waals surface area contributed by atoms with Crippen LogP contribution in [0.15, 0.2) is 90.1 Å². The van der Waals surface area contributed by atoms with Gasteiger partial charge in [0.1, 0.15) is 18.7 Å². The van der Waals surface area contributed by atoms with Crippen molar-refractivity contribution in [2.24, 2.45) is 5.92 Å². The third kappa shape index (κ3) is 6.35. The monoisotopic (exact) mass is 662 g/mol. The van der Waals surface area contributed by atoms with E-state index in [1.807, 2.05) is 71.3 Å². The highest BCUT2D eigenvalue weighted by atomic mass is 35.5. The molecule has 48 heavy (non-hydrogen) atoms. The van der Waals surface area contributed by atoms with Crippen LogP contribution in [0.2, 0.25) is 5.02 Å². The molecule has 1 amide bonds. The van der Waals surface area contributed by atoms with Crippen LogP contribution in [0.4, 0.5) is 0 Å². The summed E-state index contributed by atoms with van der Waals surface area (Å²) >= 11 is 6.08. The number of benzene rings is 3. The van der Waals surface area contributed by atoms with E-state index >= 15 is 0 Å². The van der Waals surface area contributed by atoms with Gasteiger partial charge in [-0.25, -0.2) is 14.8 Å². The summed E-state index contributed by atoms with van der Waals surface area (Å²) in [6.07, 6.45) is 6.50. The Labute approximate surface area is 282 Å². The van der Waals surface area contributed by atoms with E-state index in [0.29, 0.717) is 46.7 Å². The number of carbonyl (C=O) groups is 1. The average Bonchev–Trinajstić information content (AvgIpc) is 3.39. The number of imidazole rings is 1. The number of aryl methyl sites for hydroxylation is 1. The Morgan fingerprint density at radius 1 is 0.958 bits per heavy atom. The summed E-state index contributed by atoms with van der Waals surface area (Å²) in [5, 5.41) is 4.36. The number of carbonyl (C=O) groups excluding carboxylic acids is 1. The number of para-hydroxylation sites is 2. The van der Waals surface area contributed by atoms with E-state index in [9.17, 15) is 9.59 Å². The molecule has 0 aliphatic heterocycles. The van der Waals surface area contributed by atoms with Crippen molar-refractivity contribution in [3.63, 3.8) is 0 Å². The van der Waals surface area contributed by atoms with Crippen LogP contribution in [-0.2, 0) is 13.2 Å². The Bertz CT molecular complexity index is 2170. The second-order valence-corrected chi connectivity index (χ2v) is 12.6. The molecule has 1 fully saturated rings. The average molecular weight is 663 g/mol.